The van der Waals surface area contributed by atoms with Crippen LogP contribution in [0.15, 0.2) is 91.0 Å². The molecule has 4 aromatic rings. The molecule has 0 amide bonds. The molecular formula is C32H27FO5. The van der Waals surface area contributed by atoms with E-state index >= 15 is 0 Å². The lowest BCUT2D eigenvalue weighted by Crippen LogP contribution is -2.26. The fraction of sp³-hybridized carbons (Fsp3) is 0.188. The molecule has 0 saturated heterocycles. The molecule has 6 heteroatoms. The van der Waals surface area contributed by atoms with Gasteiger partial charge in [0.05, 0.1) is 30.1 Å². The first-order valence-electron chi connectivity index (χ1n) is 12.4. The molecule has 38 heavy (non-hydrogen) atoms. The third-order valence-electron chi connectivity index (χ3n) is 6.77. The predicted molar refractivity (Wildman–Crippen MR) is 142 cm³/mol. The Hall–Kier alpha value is -4.45. The van der Waals surface area contributed by atoms with Crippen molar-refractivity contribution in [1.82, 2.24) is 0 Å². The SMILES string of the molecule is COc1cccc(C2COc3ccccc3C2=O)c1.Cc1ccc2c(c1)OCC(c1ccc(F)cc1)C2=O. The number of benzene rings is 4. The number of fused-ring (bicyclic) bond motifs is 2. The fourth-order valence-electron chi connectivity index (χ4n) is 4.67. The summed E-state index contributed by atoms with van der Waals surface area (Å²) in [6.45, 7) is 2.64. The highest BCUT2D eigenvalue weighted by atomic mass is 19.1. The lowest BCUT2D eigenvalue weighted by Gasteiger charge is -2.24. The third kappa shape index (κ3) is 5.16. The number of ether oxygens (including phenoxy) is 3. The predicted octanol–water partition coefficient (Wildman–Crippen LogP) is 6.55. The number of ketones is 2. The van der Waals surface area contributed by atoms with Crippen molar-refractivity contribution < 1.29 is 28.2 Å². The molecule has 0 N–H and O–H groups in total. The summed E-state index contributed by atoms with van der Waals surface area (Å²) in [5.74, 6) is 1.30. The van der Waals surface area contributed by atoms with E-state index in [1.807, 2.05) is 67.6 Å². The summed E-state index contributed by atoms with van der Waals surface area (Å²) in [6, 6.07) is 26.5. The second-order valence-electron chi connectivity index (χ2n) is 9.28. The molecule has 0 bridgehead atoms. The zero-order chi connectivity index (χ0) is 26.6. The molecular weight excluding hydrogens is 483 g/mol. The molecule has 2 aliphatic rings. The van der Waals surface area contributed by atoms with Crippen molar-refractivity contribution in [2.75, 3.05) is 20.3 Å². The van der Waals surface area contributed by atoms with E-state index in [1.54, 1.807) is 25.3 Å². The second kappa shape index (κ2) is 10.9. The molecule has 0 aliphatic carbocycles. The topological polar surface area (TPSA) is 61.8 Å². The van der Waals surface area contributed by atoms with Gasteiger partial charge in [-0.2, -0.15) is 0 Å². The maximum Gasteiger partial charge on any atom is 0.177 e. The van der Waals surface area contributed by atoms with Gasteiger partial charge in [-0.25, -0.2) is 4.39 Å². The summed E-state index contributed by atoms with van der Waals surface area (Å²) in [6.07, 6.45) is 0. The van der Waals surface area contributed by atoms with Gasteiger partial charge in [0.2, 0.25) is 0 Å². The van der Waals surface area contributed by atoms with Crippen LogP contribution in [0, 0.1) is 12.7 Å². The number of hydrogen-bond acceptors (Lipinski definition) is 5. The van der Waals surface area contributed by atoms with E-state index in [0.717, 1.165) is 22.4 Å². The van der Waals surface area contributed by atoms with Gasteiger partial charge < -0.3 is 14.2 Å². The lowest BCUT2D eigenvalue weighted by atomic mass is 9.88. The van der Waals surface area contributed by atoms with Crippen LogP contribution in [0.2, 0.25) is 0 Å². The molecule has 5 nitrogen and oxygen atoms in total. The molecule has 4 aromatic carbocycles. The van der Waals surface area contributed by atoms with Crippen molar-refractivity contribution in [3.8, 4) is 17.2 Å². The number of halogens is 1. The van der Waals surface area contributed by atoms with Crippen LogP contribution >= 0.6 is 0 Å². The Morgan fingerprint density at radius 3 is 2.11 bits per heavy atom. The van der Waals surface area contributed by atoms with Crippen molar-refractivity contribution in [1.29, 1.82) is 0 Å². The largest absolute Gasteiger partial charge is 0.497 e. The van der Waals surface area contributed by atoms with Gasteiger partial charge in [0.1, 0.15) is 36.3 Å². The highest BCUT2D eigenvalue weighted by Crippen LogP contribution is 2.34. The molecule has 192 valence electrons. The van der Waals surface area contributed by atoms with Crippen LogP contribution in [0.4, 0.5) is 4.39 Å². The number of Topliss-reactive ketones (excluding diaryl/α,β-unsaturated/α-hetero) is 2. The first-order valence-corrected chi connectivity index (χ1v) is 12.4. The minimum Gasteiger partial charge on any atom is -0.497 e. The van der Waals surface area contributed by atoms with E-state index < -0.39 is 0 Å². The van der Waals surface area contributed by atoms with E-state index in [2.05, 4.69) is 0 Å². The number of carbonyl (C=O) groups is 2. The maximum absolute atomic E-state index is 12.9. The summed E-state index contributed by atoms with van der Waals surface area (Å²) in [7, 11) is 1.62. The van der Waals surface area contributed by atoms with Crippen molar-refractivity contribution in [2.24, 2.45) is 0 Å². The summed E-state index contributed by atoms with van der Waals surface area (Å²) < 4.78 is 29.4. The van der Waals surface area contributed by atoms with Crippen molar-refractivity contribution >= 4 is 11.6 Å². The number of methoxy groups -OCH3 is 1. The van der Waals surface area contributed by atoms with Crippen LogP contribution in [0.5, 0.6) is 17.2 Å². The van der Waals surface area contributed by atoms with Crippen LogP contribution in [-0.2, 0) is 0 Å². The van der Waals surface area contributed by atoms with Crippen LogP contribution in [0.25, 0.3) is 0 Å². The average molecular weight is 511 g/mol. The number of para-hydroxylation sites is 1. The number of hydrogen-bond donors (Lipinski definition) is 0. The van der Waals surface area contributed by atoms with Crippen molar-refractivity contribution in [3.05, 3.63) is 125 Å². The van der Waals surface area contributed by atoms with E-state index in [9.17, 15) is 14.0 Å². The number of rotatable bonds is 3. The molecule has 0 saturated carbocycles. The average Bonchev–Trinajstić information content (AvgIpc) is 2.94. The van der Waals surface area contributed by atoms with E-state index in [-0.39, 0.29) is 29.2 Å². The zero-order valence-corrected chi connectivity index (χ0v) is 21.1. The van der Waals surface area contributed by atoms with Gasteiger partial charge in [-0.15, -0.1) is 0 Å². The Kier molecular flexibility index (Phi) is 7.22. The quantitative estimate of drug-likeness (QED) is 0.313. The van der Waals surface area contributed by atoms with Gasteiger partial charge in [-0.3, -0.25) is 9.59 Å². The minimum atomic E-state index is -0.351. The minimum absolute atomic E-state index is 0.0351. The lowest BCUT2D eigenvalue weighted by molar-refractivity contribution is 0.0887. The Balaban J connectivity index is 0.000000155. The Labute approximate surface area is 220 Å². The van der Waals surface area contributed by atoms with E-state index in [0.29, 0.717) is 35.8 Å². The first kappa shape index (κ1) is 25.2. The van der Waals surface area contributed by atoms with Gasteiger partial charge in [-0.1, -0.05) is 42.5 Å². The first-order chi connectivity index (χ1) is 18.4. The Morgan fingerprint density at radius 1 is 0.711 bits per heavy atom. The molecule has 0 fully saturated rings. The van der Waals surface area contributed by atoms with Gasteiger partial charge in [-0.05, 0) is 72.1 Å². The van der Waals surface area contributed by atoms with Crippen LogP contribution in [0.3, 0.4) is 0 Å². The highest BCUT2D eigenvalue weighted by molar-refractivity contribution is 6.04. The summed E-state index contributed by atoms with van der Waals surface area (Å²) in [4.78, 5) is 24.9. The van der Waals surface area contributed by atoms with Crippen LogP contribution in [0.1, 0.15) is 49.2 Å². The van der Waals surface area contributed by atoms with Gasteiger partial charge in [0.25, 0.3) is 0 Å². The molecule has 0 radical (unpaired) electrons. The molecule has 2 aliphatic heterocycles. The molecule has 2 unspecified atom stereocenters. The normalized spacial score (nSPS) is 17.7. The summed E-state index contributed by atoms with van der Waals surface area (Å²) >= 11 is 0. The summed E-state index contributed by atoms with van der Waals surface area (Å²) in [5.41, 5.74) is 4.04. The Bertz CT molecular complexity index is 1480. The van der Waals surface area contributed by atoms with Crippen molar-refractivity contribution in [3.63, 3.8) is 0 Å². The fourth-order valence-corrected chi connectivity index (χ4v) is 4.67. The monoisotopic (exact) mass is 510 g/mol. The van der Waals surface area contributed by atoms with Gasteiger partial charge in [0.15, 0.2) is 11.6 Å². The van der Waals surface area contributed by atoms with Gasteiger partial charge >= 0.3 is 0 Å². The highest BCUT2D eigenvalue weighted by Gasteiger charge is 2.31. The zero-order valence-electron chi connectivity index (χ0n) is 21.1. The van der Waals surface area contributed by atoms with E-state index in [1.165, 1.54) is 12.1 Å². The van der Waals surface area contributed by atoms with E-state index in [4.69, 9.17) is 14.2 Å². The summed E-state index contributed by atoms with van der Waals surface area (Å²) in [5, 5.41) is 0. The maximum atomic E-state index is 12.9. The molecule has 6 rings (SSSR count). The second-order valence-corrected chi connectivity index (χ2v) is 9.28. The number of carbonyl (C=O) groups excluding carboxylic acids is 2. The Morgan fingerprint density at radius 2 is 1.37 bits per heavy atom. The van der Waals surface area contributed by atoms with Gasteiger partial charge in [0, 0.05) is 0 Å². The van der Waals surface area contributed by atoms with Crippen LogP contribution in [-0.4, -0.2) is 31.9 Å². The smallest absolute Gasteiger partial charge is 0.177 e. The molecule has 2 atom stereocenters. The molecule has 0 aromatic heterocycles. The third-order valence-corrected chi connectivity index (χ3v) is 6.77. The van der Waals surface area contributed by atoms with Crippen molar-refractivity contribution in [2.45, 2.75) is 18.8 Å². The molecule has 0 spiro atoms. The van der Waals surface area contributed by atoms with Crippen LogP contribution < -0.4 is 14.2 Å². The molecule has 2 heterocycles. The number of aryl methyl sites for hydroxylation is 1. The standard InChI is InChI=1S/C16H13FO2.C16H14O3/c1-10-2-7-13-15(8-10)19-9-14(16(13)18)11-3-5-12(17)6-4-11;1-18-12-6-4-5-11(9-12)14-10-19-15-8-3-2-7-13(15)16(14)17/h2-8,14H,9H2,1H3;2-9,14H,10H2,1H3.